The summed E-state index contributed by atoms with van der Waals surface area (Å²) in [6.45, 7) is 0. The molecule has 4 nitrogen and oxygen atoms in total. The topological polar surface area (TPSA) is 53.1 Å². The lowest BCUT2D eigenvalue weighted by molar-refractivity contribution is 0.417. The van der Waals surface area contributed by atoms with Crippen LogP contribution in [0.1, 0.15) is 0 Å². The van der Waals surface area contributed by atoms with E-state index in [2.05, 4.69) is 5.10 Å². The number of hydrogen-bond donors (Lipinski definition) is 1. The molecule has 0 aliphatic heterocycles. The number of nitrogens with two attached hydrogens (primary N) is 1. The van der Waals surface area contributed by atoms with E-state index in [0.29, 0.717) is 11.4 Å². The predicted octanol–water partition coefficient (Wildman–Crippen LogP) is 1.46. The van der Waals surface area contributed by atoms with E-state index >= 15 is 0 Å². The Morgan fingerprint density at radius 3 is 2.86 bits per heavy atom. The van der Waals surface area contributed by atoms with Crippen molar-refractivity contribution in [1.82, 2.24) is 9.78 Å². The summed E-state index contributed by atoms with van der Waals surface area (Å²) in [6, 6.07) is 7.42. The molecule has 1 aromatic heterocycles. The average Bonchev–Trinajstić information content (AvgIpc) is 2.70. The molecule has 0 fully saturated rings. The summed E-state index contributed by atoms with van der Waals surface area (Å²) in [5.74, 6) is 0.681. The van der Waals surface area contributed by atoms with Crippen LogP contribution in [-0.2, 0) is 0 Å². The van der Waals surface area contributed by atoms with Gasteiger partial charge in [0.15, 0.2) is 0 Å². The molecule has 1 heterocycles. The number of benzene rings is 1. The van der Waals surface area contributed by atoms with Gasteiger partial charge in [-0.1, -0.05) is 0 Å². The number of methoxy groups -OCH3 is 1. The number of rotatable bonds is 2. The van der Waals surface area contributed by atoms with Crippen molar-refractivity contribution in [3.05, 3.63) is 36.7 Å². The van der Waals surface area contributed by atoms with Gasteiger partial charge in [-0.3, -0.25) is 0 Å². The second-order valence-corrected chi connectivity index (χ2v) is 2.88. The molecule has 0 amide bonds. The van der Waals surface area contributed by atoms with Crippen molar-refractivity contribution in [2.45, 2.75) is 0 Å². The minimum Gasteiger partial charge on any atom is -0.495 e. The highest BCUT2D eigenvalue weighted by molar-refractivity contribution is 5.57. The van der Waals surface area contributed by atoms with Gasteiger partial charge in [-0.25, -0.2) is 4.68 Å². The standard InChI is InChI=1S/C10H11N3O/c1-14-10-4-3-8(7-9(10)11)13-6-2-5-12-13/h2-7H,11H2,1H3. The molecule has 0 bridgehead atoms. The minimum atomic E-state index is 0.612. The van der Waals surface area contributed by atoms with E-state index in [0.717, 1.165) is 5.69 Å². The Morgan fingerprint density at radius 2 is 2.29 bits per heavy atom. The third-order valence-corrected chi connectivity index (χ3v) is 1.98. The van der Waals surface area contributed by atoms with Crippen LogP contribution in [0, 0.1) is 0 Å². The normalized spacial score (nSPS) is 10.1. The van der Waals surface area contributed by atoms with Gasteiger partial charge in [-0.05, 0) is 24.3 Å². The molecule has 0 atom stereocenters. The highest BCUT2D eigenvalue weighted by atomic mass is 16.5. The Hall–Kier alpha value is -1.97. The first kappa shape index (κ1) is 8.62. The molecule has 2 aromatic rings. The summed E-state index contributed by atoms with van der Waals surface area (Å²) in [5.41, 5.74) is 7.31. The maximum atomic E-state index is 5.77. The lowest BCUT2D eigenvalue weighted by atomic mass is 10.2. The number of ether oxygens (including phenoxy) is 1. The van der Waals surface area contributed by atoms with Crippen LogP contribution in [0.15, 0.2) is 36.7 Å². The number of aromatic nitrogens is 2. The maximum absolute atomic E-state index is 5.77. The summed E-state index contributed by atoms with van der Waals surface area (Å²) >= 11 is 0. The van der Waals surface area contributed by atoms with E-state index in [9.17, 15) is 0 Å². The summed E-state index contributed by atoms with van der Waals surface area (Å²) in [6.07, 6.45) is 3.58. The fraction of sp³-hybridized carbons (Fsp3) is 0.100. The maximum Gasteiger partial charge on any atom is 0.141 e. The highest BCUT2D eigenvalue weighted by Crippen LogP contribution is 2.23. The quantitative estimate of drug-likeness (QED) is 0.728. The van der Waals surface area contributed by atoms with Crippen LogP contribution in [0.5, 0.6) is 5.75 Å². The molecule has 4 heteroatoms. The lowest BCUT2D eigenvalue weighted by Gasteiger charge is -2.06. The van der Waals surface area contributed by atoms with Crippen LogP contribution in [0.25, 0.3) is 5.69 Å². The Kier molecular flexibility index (Phi) is 2.10. The first-order valence-electron chi connectivity index (χ1n) is 4.25. The zero-order valence-electron chi connectivity index (χ0n) is 7.84. The smallest absolute Gasteiger partial charge is 0.141 e. The molecule has 14 heavy (non-hydrogen) atoms. The Labute approximate surface area is 81.9 Å². The fourth-order valence-electron chi connectivity index (χ4n) is 1.29. The molecule has 0 saturated carbocycles. The molecule has 1 aromatic carbocycles. The van der Waals surface area contributed by atoms with Gasteiger partial charge in [-0.15, -0.1) is 0 Å². The van der Waals surface area contributed by atoms with Gasteiger partial charge in [0.1, 0.15) is 5.75 Å². The van der Waals surface area contributed by atoms with Crippen molar-refractivity contribution in [1.29, 1.82) is 0 Å². The van der Waals surface area contributed by atoms with Gasteiger partial charge in [-0.2, -0.15) is 5.10 Å². The van der Waals surface area contributed by atoms with Crippen molar-refractivity contribution in [3.8, 4) is 11.4 Å². The van der Waals surface area contributed by atoms with E-state index in [1.165, 1.54) is 0 Å². The summed E-state index contributed by atoms with van der Waals surface area (Å²) in [7, 11) is 1.60. The van der Waals surface area contributed by atoms with Gasteiger partial charge >= 0.3 is 0 Å². The Balaban J connectivity index is 2.43. The SMILES string of the molecule is COc1ccc(-n2cccn2)cc1N. The van der Waals surface area contributed by atoms with E-state index in [1.54, 1.807) is 18.0 Å². The van der Waals surface area contributed by atoms with Gasteiger partial charge in [0.05, 0.1) is 18.5 Å². The number of anilines is 1. The van der Waals surface area contributed by atoms with Gasteiger partial charge < -0.3 is 10.5 Å². The van der Waals surface area contributed by atoms with Crippen molar-refractivity contribution >= 4 is 5.69 Å². The molecular weight excluding hydrogens is 178 g/mol. The third-order valence-electron chi connectivity index (χ3n) is 1.98. The third kappa shape index (κ3) is 1.42. The average molecular weight is 189 g/mol. The van der Waals surface area contributed by atoms with E-state index in [-0.39, 0.29) is 0 Å². The predicted molar refractivity (Wildman–Crippen MR) is 54.5 cm³/mol. The molecule has 0 aliphatic carbocycles. The Bertz CT molecular complexity index is 423. The highest BCUT2D eigenvalue weighted by Gasteiger charge is 2.01. The van der Waals surface area contributed by atoms with Gasteiger partial charge in [0.2, 0.25) is 0 Å². The van der Waals surface area contributed by atoms with Crippen LogP contribution >= 0.6 is 0 Å². The van der Waals surface area contributed by atoms with Crippen LogP contribution in [0.3, 0.4) is 0 Å². The molecule has 0 radical (unpaired) electrons. The molecule has 0 unspecified atom stereocenters. The van der Waals surface area contributed by atoms with E-state index < -0.39 is 0 Å². The van der Waals surface area contributed by atoms with Crippen molar-refractivity contribution in [2.75, 3.05) is 12.8 Å². The first-order valence-corrected chi connectivity index (χ1v) is 4.25. The number of hydrogen-bond acceptors (Lipinski definition) is 3. The molecular formula is C10H11N3O. The van der Waals surface area contributed by atoms with E-state index in [4.69, 9.17) is 10.5 Å². The number of nitrogen functional groups attached to an aromatic ring is 1. The molecule has 0 saturated heterocycles. The van der Waals surface area contributed by atoms with Gasteiger partial charge in [0.25, 0.3) is 0 Å². The van der Waals surface area contributed by atoms with Crippen LogP contribution in [0.2, 0.25) is 0 Å². The molecule has 2 N–H and O–H groups in total. The summed E-state index contributed by atoms with van der Waals surface area (Å²) in [4.78, 5) is 0. The monoisotopic (exact) mass is 189 g/mol. The van der Waals surface area contributed by atoms with Crippen molar-refractivity contribution < 1.29 is 4.74 Å². The molecule has 72 valence electrons. The second kappa shape index (κ2) is 3.41. The van der Waals surface area contributed by atoms with Gasteiger partial charge in [0, 0.05) is 12.4 Å². The zero-order chi connectivity index (χ0) is 9.97. The summed E-state index contributed by atoms with van der Waals surface area (Å²) in [5, 5.41) is 4.10. The first-order chi connectivity index (χ1) is 6.81. The number of nitrogens with zero attached hydrogens (tertiary/aromatic N) is 2. The summed E-state index contributed by atoms with van der Waals surface area (Å²) < 4.78 is 6.81. The molecule has 0 aliphatic rings. The largest absolute Gasteiger partial charge is 0.495 e. The minimum absolute atomic E-state index is 0.612. The lowest BCUT2D eigenvalue weighted by Crippen LogP contribution is -1.97. The van der Waals surface area contributed by atoms with Crippen molar-refractivity contribution in [3.63, 3.8) is 0 Å². The zero-order valence-corrected chi connectivity index (χ0v) is 7.84. The molecule has 2 rings (SSSR count). The Morgan fingerprint density at radius 1 is 1.43 bits per heavy atom. The fourth-order valence-corrected chi connectivity index (χ4v) is 1.29. The van der Waals surface area contributed by atoms with E-state index in [1.807, 2.05) is 30.5 Å². The van der Waals surface area contributed by atoms with Crippen LogP contribution < -0.4 is 10.5 Å². The molecule has 0 spiro atoms. The van der Waals surface area contributed by atoms with Crippen LogP contribution in [0.4, 0.5) is 5.69 Å². The van der Waals surface area contributed by atoms with Crippen molar-refractivity contribution in [2.24, 2.45) is 0 Å². The van der Waals surface area contributed by atoms with Crippen LogP contribution in [-0.4, -0.2) is 16.9 Å². The second-order valence-electron chi connectivity index (χ2n) is 2.88.